The van der Waals surface area contributed by atoms with Crippen molar-refractivity contribution in [2.24, 2.45) is 5.73 Å². The quantitative estimate of drug-likeness (QED) is 0.718. The van der Waals surface area contributed by atoms with Crippen LogP contribution < -0.4 is 10.6 Å². The SMILES string of the molecule is NCc1cc(N2CCCC2)ncn1. The lowest BCUT2D eigenvalue weighted by Crippen LogP contribution is -2.19. The van der Waals surface area contributed by atoms with Crippen molar-refractivity contribution < 1.29 is 0 Å². The van der Waals surface area contributed by atoms with E-state index in [1.165, 1.54) is 12.8 Å². The van der Waals surface area contributed by atoms with Crippen LogP contribution in [0.3, 0.4) is 0 Å². The van der Waals surface area contributed by atoms with Crippen molar-refractivity contribution in [3.05, 3.63) is 18.1 Å². The van der Waals surface area contributed by atoms with Crippen LogP contribution in [0.15, 0.2) is 12.4 Å². The van der Waals surface area contributed by atoms with Crippen molar-refractivity contribution in [2.75, 3.05) is 18.0 Å². The molecule has 1 saturated heterocycles. The summed E-state index contributed by atoms with van der Waals surface area (Å²) in [5.74, 6) is 1.02. The zero-order valence-electron chi connectivity index (χ0n) is 7.61. The number of nitrogens with two attached hydrogens (primary N) is 1. The molecule has 2 heterocycles. The Labute approximate surface area is 77.8 Å². The molecule has 1 aliphatic rings. The zero-order chi connectivity index (χ0) is 9.10. The third-order valence-corrected chi connectivity index (χ3v) is 2.35. The Hall–Kier alpha value is -1.16. The van der Waals surface area contributed by atoms with Gasteiger partial charge in [0.05, 0.1) is 5.69 Å². The van der Waals surface area contributed by atoms with Gasteiger partial charge in [-0.1, -0.05) is 0 Å². The molecule has 1 fully saturated rings. The third-order valence-electron chi connectivity index (χ3n) is 2.35. The Morgan fingerprint density at radius 2 is 2.08 bits per heavy atom. The van der Waals surface area contributed by atoms with E-state index in [0.717, 1.165) is 24.6 Å². The molecule has 0 amide bonds. The standard InChI is InChI=1S/C9H14N4/c10-6-8-5-9(12-7-11-8)13-3-1-2-4-13/h5,7H,1-4,6,10H2. The van der Waals surface area contributed by atoms with Crippen LogP contribution in [0.5, 0.6) is 0 Å². The lowest BCUT2D eigenvalue weighted by molar-refractivity contribution is 0.898. The smallest absolute Gasteiger partial charge is 0.132 e. The van der Waals surface area contributed by atoms with E-state index in [1.54, 1.807) is 6.33 Å². The maximum atomic E-state index is 5.51. The summed E-state index contributed by atoms with van der Waals surface area (Å²) in [6.45, 7) is 2.71. The average Bonchev–Trinajstić information content (AvgIpc) is 2.71. The van der Waals surface area contributed by atoms with Gasteiger partial charge in [-0.2, -0.15) is 0 Å². The third kappa shape index (κ3) is 1.78. The van der Waals surface area contributed by atoms with E-state index >= 15 is 0 Å². The highest BCUT2D eigenvalue weighted by molar-refractivity contribution is 5.39. The fraction of sp³-hybridized carbons (Fsp3) is 0.556. The first-order valence-corrected chi connectivity index (χ1v) is 4.66. The van der Waals surface area contributed by atoms with Gasteiger partial charge in [-0.3, -0.25) is 0 Å². The van der Waals surface area contributed by atoms with Crippen molar-refractivity contribution in [1.29, 1.82) is 0 Å². The van der Waals surface area contributed by atoms with Crippen molar-refractivity contribution in [3.63, 3.8) is 0 Å². The first-order valence-electron chi connectivity index (χ1n) is 4.66. The normalized spacial score (nSPS) is 16.5. The molecule has 2 rings (SSSR count). The Morgan fingerprint density at radius 1 is 1.31 bits per heavy atom. The van der Waals surface area contributed by atoms with E-state index in [0.29, 0.717) is 6.54 Å². The first-order chi connectivity index (χ1) is 6.40. The topological polar surface area (TPSA) is 55.0 Å². The number of aromatic nitrogens is 2. The van der Waals surface area contributed by atoms with Gasteiger partial charge in [0, 0.05) is 25.7 Å². The molecule has 0 aromatic carbocycles. The molecule has 0 unspecified atom stereocenters. The monoisotopic (exact) mass is 178 g/mol. The molecular weight excluding hydrogens is 164 g/mol. The number of anilines is 1. The minimum Gasteiger partial charge on any atom is -0.357 e. The Balaban J connectivity index is 2.18. The fourth-order valence-electron chi connectivity index (χ4n) is 1.62. The highest BCUT2D eigenvalue weighted by Crippen LogP contribution is 2.16. The van der Waals surface area contributed by atoms with Crippen molar-refractivity contribution in [1.82, 2.24) is 9.97 Å². The number of rotatable bonds is 2. The van der Waals surface area contributed by atoms with Gasteiger partial charge in [0.1, 0.15) is 12.1 Å². The zero-order valence-corrected chi connectivity index (χ0v) is 7.61. The molecular formula is C9H14N4. The maximum absolute atomic E-state index is 5.51. The molecule has 4 heteroatoms. The summed E-state index contributed by atoms with van der Waals surface area (Å²) in [7, 11) is 0. The molecule has 1 aliphatic heterocycles. The summed E-state index contributed by atoms with van der Waals surface area (Å²) in [6, 6.07) is 1.98. The largest absolute Gasteiger partial charge is 0.357 e. The molecule has 0 bridgehead atoms. The Morgan fingerprint density at radius 3 is 2.77 bits per heavy atom. The summed E-state index contributed by atoms with van der Waals surface area (Å²) < 4.78 is 0. The molecule has 0 aliphatic carbocycles. The van der Waals surface area contributed by atoms with Crippen LogP contribution in [0, 0.1) is 0 Å². The van der Waals surface area contributed by atoms with Gasteiger partial charge in [0.15, 0.2) is 0 Å². The fourth-order valence-corrected chi connectivity index (χ4v) is 1.62. The van der Waals surface area contributed by atoms with Crippen LogP contribution in [0.1, 0.15) is 18.5 Å². The van der Waals surface area contributed by atoms with E-state index in [9.17, 15) is 0 Å². The van der Waals surface area contributed by atoms with Gasteiger partial charge >= 0.3 is 0 Å². The van der Waals surface area contributed by atoms with Crippen LogP contribution in [0.2, 0.25) is 0 Å². The summed E-state index contributed by atoms with van der Waals surface area (Å²) >= 11 is 0. The highest BCUT2D eigenvalue weighted by atomic mass is 15.2. The van der Waals surface area contributed by atoms with E-state index < -0.39 is 0 Å². The highest BCUT2D eigenvalue weighted by Gasteiger charge is 2.13. The van der Waals surface area contributed by atoms with Gasteiger partial charge < -0.3 is 10.6 Å². The molecule has 0 atom stereocenters. The molecule has 0 radical (unpaired) electrons. The summed E-state index contributed by atoms with van der Waals surface area (Å²) in [5.41, 5.74) is 6.42. The lowest BCUT2D eigenvalue weighted by Gasteiger charge is -2.15. The van der Waals surface area contributed by atoms with Gasteiger partial charge in [-0.15, -0.1) is 0 Å². The molecule has 1 aromatic rings. The van der Waals surface area contributed by atoms with Crippen LogP contribution in [0.4, 0.5) is 5.82 Å². The minimum absolute atomic E-state index is 0.489. The maximum Gasteiger partial charge on any atom is 0.132 e. The van der Waals surface area contributed by atoms with Crippen LogP contribution in [-0.2, 0) is 6.54 Å². The van der Waals surface area contributed by atoms with E-state index in [2.05, 4.69) is 14.9 Å². The summed E-state index contributed by atoms with van der Waals surface area (Å²) in [4.78, 5) is 10.6. The van der Waals surface area contributed by atoms with E-state index in [4.69, 9.17) is 5.73 Å². The second-order valence-electron chi connectivity index (χ2n) is 3.27. The van der Waals surface area contributed by atoms with Crippen molar-refractivity contribution >= 4 is 5.82 Å². The van der Waals surface area contributed by atoms with Crippen molar-refractivity contribution in [3.8, 4) is 0 Å². The van der Waals surface area contributed by atoms with E-state index in [-0.39, 0.29) is 0 Å². The lowest BCUT2D eigenvalue weighted by atomic mass is 10.4. The molecule has 13 heavy (non-hydrogen) atoms. The Kier molecular flexibility index (Phi) is 2.40. The minimum atomic E-state index is 0.489. The summed E-state index contributed by atoms with van der Waals surface area (Å²) in [5, 5.41) is 0. The molecule has 70 valence electrons. The predicted octanol–water partition coefficient (Wildman–Crippen LogP) is 0.535. The van der Waals surface area contributed by atoms with Crippen LogP contribution in [-0.4, -0.2) is 23.1 Å². The van der Waals surface area contributed by atoms with Gasteiger partial charge in [0.25, 0.3) is 0 Å². The summed E-state index contributed by atoms with van der Waals surface area (Å²) in [6.07, 6.45) is 4.12. The van der Waals surface area contributed by atoms with Crippen LogP contribution >= 0.6 is 0 Å². The Bertz CT molecular complexity index is 281. The van der Waals surface area contributed by atoms with E-state index in [1.807, 2.05) is 6.07 Å². The van der Waals surface area contributed by atoms with Crippen molar-refractivity contribution in [2.45, 2.75) is 19.4 Å². The molecule has 4 nitrogen and oxygen atoms in total. The average molecular weight is 178 g/mol. The number of hydrogen-bond acceptors (Lipinski definition) is 4. The second-order valence-corrected chi connectivity index (χ2v) is 3.27. The molecule has 0 spiro atoms. The molecule has 2 N–H and O–H groups in total. The van der Waals surface area contributed by atoms with Gasteiger partial charge in [0.2, 0.25) is 0 Å². The van der Waals surface area contributed by atoms with Gasteiger partial charge in [-0.05, 0) is 12.8 Å². The second kappa shape index (κ2) is 3.70. The first kappa shape index (κ1) is 8.44. The van der Waals surface area contributed by atoms with Crippen LogP contribution in [0.25, 0.3) is 0 Å². The van der Waals surface area contributed by atoms with Gasteiger partial charge in [-0.25, -0.2) is 9.97 Å². The molecule has 0 saturated carbocycles. The predicted molar refractivity (Wildman–Crippen MR) is 51.4 cm³/mol. The number of hydrogen-bond donors (Lipinski definition) is 1. The molecule has 1 aromatic heterocycles. The number of nitrogens with zero attached hydrogens (tertiary/aromatic N) is 3.